The number of amides is 2. The van der Waals surface area contributed by atoms with Crippen molar-refractivity contribution in [3.05, 3.63) is 42.2 Å². The van der Waals surface area contributed by atoms with E-state index >= 15 is 0 Å². The lowest BCUT2D eigenvalue weighted by Crippen LogP contribution is -2.47. The highest BCUT2D eigenvalue weighted by Gasteiger charge is 2.32. The fourth-order valence-corrected chi connectivity index (χ4v) is 5.07. The molecule has 2 amide bonds. The van der Waals surface area contributed by atoms with Gasteiger partial charge in [0.2, 0.25) is 11.8 Å². The van der Waals surface area contributed by atoms with Crippen LogP contribution < -0.4 is 0 Å². The second-order valence-electron chi connectivity index (χ2n) is 9.26. The average molecular weight is 408 g/mol. The molecule has 160 valence electrons. The van der Waals surface area contributed by atoms with Gasteiger partial charge in [-0.25, -0.2) is 0 Å². The Hall–Kier alpha value is -2.43. The maximum Gasteiger partial charge on any atom is 0.225 e. The molecule has 0 N–H and O–H groups in total. The molecule has 2 saturated heterocycles. The second kappa shape index (κ2) is 9.15. The zero-order valence-electron chi connectivity index (χ0n) is 18.2. The van der Waals surface area contributed by atoms with Crippen molar-refractivity contribution in [2.24, 2.45) is 17.8 Å². The van der Waals surface area contributed by atoms with Gasteiger partial charge in [-0.1, -0.05) is 38.1 Å². The number of carbonyl (C=O) groups excluding carboxylic acids is 2. The summed E-state index contributed by atoms with van der Waals surface area (Å²) in [6, 6.07) is 8.20. The molecular weight excluding hydrogens is 374 g/mol. The summed E-state index contributed by atoms with van der Waals surface area (Å²) in [6.07, 6.45) is 8.37. The third-order valence-corrected chi connectivity index (χ3v) is 6.82. The molecule has 2 aromatic rings. The van der Waals surface area contributed by atoms with Gasteiger partial charge >= 0.3 is 0 Å². The molecule has 5 nitrogen and oxygen atoms in total. The van der Waals surface area contributed by atoms with Crippen molar-refractivity contribution in [2.75, 3.05) is 26.2 Å². The molecule has 5 heteroatoms. The molecule has 0 bridgehead atoms. The number of carbonyl (C=O) groups is 2. The predicted octanol–water partition coefficient (Wildman–Crippen LogP) is 3.91. The maximum absolute atomic E-state index is 13.1. The topological polar surface area (TPSA) is 53.5 Å². The molecule has 0 saturated carbocycles. The van der Waals surface area contributed by atoms with Gasteiger partial charge in [0.1, 0.15) is 0 Å². The van der Waals surface area contributed by atoms with Gasteiger partial charge in [0.15, 0.2) is 0 Å². The maximum atomic E-state index is 13.1. The number of fused-ring (bicyclic) bond motifs is 1. The molecule has 0 spiro atoms. The highest BCUT2D eigenvalue weighted by atomic mass is 16.2. The number of aromatic nitrogens is 1. The Bertz CT molecular complexity index is 899. The molecule has 2 aliphatic rings. The Morgan fingerprint density at radius 2 is 1.83 bits per heavy atom. The molecule has 30 heavy (non-hydrogen) atoms. The summed E-state index contributed by atoms with van der Waals surface area (Å²) >= 11 is 0. The van der Waals surface area contributed by atoms with E-state index < -0.39 is 0 Å². The molecule has 1 aromatic carbocycles. The molecule has 2 fully saturated rings. The molecule has 2 aliphatic heterocycles. The van der Waals surface area contributed by atoms with Crippen molar-refractivity contribution in [3.63, 3.8) is 0 Å². The average Bonchev–Trinajstić information content (AvgIpc) is 2.78. The number of rotatable bonds is 4. The quantitative estimate of drug-likeness (QED) is 0.772. The van der Waals surface area contributed by atoms with E-state index in [-0.39, 0.29) is 17.7 Å². The fraction of sp³-hybridized carbons (Fsp3) is 0.560. The van der Waals surface area contributed by atoms with Gasteiger partial charge in [-0.15, -0.1) is 0 Å². The van der Waals surface area contributed by atoms with Gasteiger partial charge in [0, 0.05) is 55.8 Å². The molecule has 1 aromatic heterocycles. The van der Waals surface area contributed by atoms with Crippen LogP contribution in [0.1, 0.15) is 45.1 Å². The Kier molecular flexibility index (Phi) is 6.35. The molecule has 2 atom stereocenters. The van der Waals surface area contributed by atoms with Crippen molar-refractivity contribution >= 4 is 22.6 Å². The minimum absolute atomic E-state index is 0.0805. The molecule has 4 rings (SSSR count). The van der Waals surface area contributed by atoms with Crippen LogP contribution in [0.2, 0.25) is 0 Å². The minimum atomic E-state index is -0.0900. The summed E-state index contributed by atoms with van der Waals surface area (Å²) in [4.78, 5) is 34.3. The van der Waals surface area contributed by atoms with Crippen molar-refractivity contribution in [3.8, 4) is 0 Å². The first-order chi connectivity index (χ1) is 14.5. The van der Waals surface area contributed by atoms with E-state index in [9.17, 15) is 9.59 Å². The number of benzene rings is 1. The third kappa shape index (κ3) is 4.50. The SMILES string of the molecule is CC1CCCN(C(=O)C2CCN(C(=O)C(C)Cc3cncc4ccccc34)CC2)C1. The Balaban J connectivity index is 1.33. The molecule has 3 heterocycles. The van der Waals surface area contributed by atoms with E-state index in [0.29, 0.717) is 31.3 Å². The van der Waals surface area contributed by atoms with E-state index in [4.69, 9.17) is 0 Å². The van der Waals surface area contributed by atoms with Crippen molar-refractivity contribution in [1.82, 2.24) is 14.8 Å². The number of likely N-dealkylation sites (tertiary alicyclic amines) is 2. The summed E-state index contributed by atoms with van der Waals surface area (Å²) in [5, 5.41) is 2.29. The van der Waals surface area contributed by atoms with Crippen LogP contribution >= 0.6 is 0 Å². The van der Waals surface area contributed by atoms with Gasteiger partial charge in [-0.2, -0.15) is 0 Å². The molecule has 2 unspecified atom stereocenters. The largest absolute Gasteiger partial charge is 0.342 e. The van der Waals surface area contributed by atoms with Crippen molar-refractivity contribution in [2.45, 2.75) is 46.0 Å². The second-order valence-corrected chi connectivity index (χ2v) is 9.26. The standard InChI is InChI=1S/C25H33N3O2/c1-18-6-5-11-28(17-18)25(30)20-9-12-27(13-10-20)24(29)19(2)14-22-16-26-15-21-7-3-4-8-23(21)22/h3-4,7-8,15-16,18-20H,5-6,9-14,17H2,1-2H3. The number of pyridine rings is 1. The predicted molar refractivity (Wildman–Crippen MR) is 119 cm³/mol. The number of hydrogen-bond donors (Lipinski definition) is 0. The van der Waals surface area contributed by atoms with Gasteiger partial charge in [0.05, 0.1) is 0 Å². The van der Waals surface area contributed by atoms with E-state index in [1.807, 2.05) is 36.4 Å². The van der Waals surface area contributed by atoms with E-state index in [0.717, 1.165) is 43.3 Å². The van der Waals surface area contributed by atoms with Crippen molar-refractivity contribution < 1.29 is 9.59 Å². The number of piperidine rings is 2. The summed E-state index contributed by atoms with van der Waals surface area (Å²) in [5.74, 6) is 1.10. The van der Waals surface area contributed by atoms with Crippen LogP contribution in [0.3, 0.4) is 0 Å². The Morgan fingerprint density at radius 3 is 2.60 bits per heavy atom. The monoisotopic (exact) mass is 407 g/mol. The highest BCUT2D eigenvalue weighted by Crippen LogP contribution is 2.26. The van der Waals surface area contributed by atoms with Crippen LogP contribution in [0, 0.1) is 17.8 Å². The van der Waals surface area contributed by atoms with Gasteiger partial charge < -0.3 is 9.80 Å². The Morgan fingerprint density at radius 1 is 1.07 bits per heavy atom. The summed E-state index contributed by atoms with van der Waals surface area (Å²) < 4.78 is 0. The van der Waals surface area contributed by atoms with Gasteiger partial charge in [-0.3, -0.25) is 14.6 Å². The van der Waals surface area contributed by atoms with E-state index in [1.54, 1.807) is 0 Å². The van der Waals surface area contributed by atoms with Crippen LogP contribution in [0.15, 0.2) is 36.7 Å². The lowest BCUT2D eigenvalue weighted by Gasteiger charge is -2.37. The summed E-state index contributed by atoms with van der Waals surface area (Å²) in [5.41, 5.74) is 1.12. The van der Waals surface area contributed by atoms with Crippen molar-refractivity contribution in [1.29, 1.82) is 0 Å². The summed E-state index contributed by atoms with van der Waals surface area (Å²) in [6.45, 7) is 7.42. The third-order valence-electron chi connectivity index (χ3n) is 6.82. The minimum Gasteiger partial charge on any atom is -0.342 e. The first-order valence-electron chi connectivity index (χ1n) is 11.4. The summed E-state index contributed by atoms with van der Waals surface area (Å²) in [7, 11) is 0. The van der Waals surface area contributed by atoms with Crippen LogP contribution in [0.4, 0.5) is 0 Å². The fourth-order valence-electron chi connectivity index (χ4n) is 5.07. The van der Waals surface area contributed by atoms with Gasteiger partial charge in [0.25, 0.3) is 0 Å². The van der Waals surface area contributed by atoms with Gasteiger partial charge in [-0.05, 0) is 49.0 Å². The van der Waals surface area contributed by atoms with Crippen LogP contribution in [0.25, 0.3) is 10.8 Å². The lowest BCUT2D eigenvalue weighted by atomic mass is 9.91. The first-order valence-corrected chi connectivity index (χ1v) is 11.4. The number of hydrogen-bond acceptors (Lipinski definition) is 3. The molecule has 0 aliphatic carbocycles. The normalized spacial score (nSPS) is 21.6. The van der Waals surface area contributed by atoms with Crippen LogP contribution in [0.5, 0.6) is 0 Å². The van der Waals surface area contributed by atoms with E-state index in [1.165, 1.54) is 11.8 Å². The Labute approximate surface area is 179 Å². The molecular formula is C25H33N3O2. The smallest absolute Gasteiger partial charge is 0.225 e. The van der Waals surface area contributed by atoms with Crippen LogP contribution in [-0.4, -0.2) is 52.8 Å². The first kappa shape index (κ1) is 20.8. The highest BCUT2D eigenvalue weighted by molar-refractivity contribution is 5.86. The number of nitrogens with zero attached hydrogens (tertiary/aromatic N) is 3. The van der Waals surface area contributed by atoms with Crippen LogP contribution in [-0.2, 0) is 16.0 Å². The molecule has 0 radical (unpaired) electrons. The lowest BCUT2D eigenvalue weighted by molar-refractivity contribution is -0.143. The van der Waals surface area contributed by atoms with E-state index in [2.05, 4.69) is 28.9 Å². The zero-order valence-corrected chi connectivity index (χ0v) is 18.2. The zero-order chi connectivity index (χ0) is 21.1.